The quantitative estimate of drug-likeness (QED) is 0.619. The van der Waals surface area contributed by atoms with Crippen molar-refractivity contribution in [3.8, 4) is 5.75 Å². The summed E-state index contributed by atoms with van der Waals surface area (Å²) in [6.45, 7) is 1.90. The van der Waals surface area contributed by atoms with Gasteiger partial charge in [-0.1, -0.05) is 18.2 Å². The number of carbonyl (C=O) groups is 2. The molecule has 0 aliphatic rings. The number of carbonyl (C=O) groups excluding carboxylic acids is 2. The van der Waals surface area contributed by atoms with Crippen LogP contribution in [0.15, 0.2) is 47.9 Å². The highest BCUT2D eigenvalue weighted by Gasteiger charge is 2.16. The topological polar surface area (TPSA) is 64.6 Å². The van der Waals surface area contributed by atoms with Gasteiger partial charge < -0.3 is 14.8 Å². The molecule has 0 radical (unpaired) electrons. The lowest BCUT2D eigenvalue weighted by atomic mass is 10.2. The second-order valence-corrected chi connectivity index (χ2v) is 5.97. The van der Waals surface area contributed by atoms with Gasteiger partial charge in [-0.25, -0.2) is 4.79 Å². The second kappa shape index (κ2) is 8.88. The van der Waals surface area contributed by atoms with Crippen LogP contribution in [0.1, 0.15) is 17.4 Å². The molecule has 126 valence electrons. The Kier molecular flexibility index (Phi) is 6.57. The summed E-state index contributed by atoms with van der Waals surface area (Å²) >= 11 is 1.52. The van der Waals surface area contributed by atoms with Gasteiger partial charge in [-0.15, -0.1) is 11.3 Å². The molecule has 1 N–H and O–H groups in total. The number of hydrogen-bond donors (Lipinski definition) is 1. The first-order chi connectivity index (χ1) is 11.6. The van der Waals surface area contributed by atoms with Gasteiger partial charge in [-0.2, -0.15) is 0 Å². The van der Waals surface area contributed by atoms with E-state index in [2.05, 4.69) is 5.32 Å². The monoisotopic (exact) mass is 345 g/mol. The van der Waals surface area contributed by atoms with Crippen LogP contribution < -0.4 is 10.1 Å². The Morgan fingerprint density at radius 3 is 2.62 bits per heavy atom. The highest BCUT2D eigenvalue weighted by atomic mass is 32.1. The predicted octanol–water partition coefficient (Wildman–Crippen LogP) is 3.02. The molecule has 0 saturated carbocycles. The third-order valence-corrected chi connectivity index (χ3v) is 4.05. The van der Waals surface area contributed by atoms with Crippen molar-refractivity contribution in [2.75, 3.05) is 7.11 Å². The lowest BCUT2D eigenvalue weighted by Gasteiger charge is -2.12. The van der Waals surface area contributed by atoms with Gasteiger partial charge in [0.05, 0.1) is 7.11 Å². The average molecular weight is 345 g/mol. The van der Waals surface area contributed by atoms with Crippen LogP contribution in [-0.4, -0.2) is 25.1 Å². The molecule has 24 heavy (non-hydrogen) atoms. The molecule has 0 unspecified atom stereocenters. The van der Waals surface area contributed by atoms with Crippen LogP contribution in [-0.2, 0) is 20.9 Å². The van der Waals surface area contributed by atoms with E-state index in [-0.39, 0.29) is 5.91 Å². The van der Waals surface area contributed by atoms with E-state index in [9.17, 15) is 9.59 Å². The van der Waals surface area contributed by atoms with Crippen molar-refractivity contribution in [2.45, 2.75) is 19.6 Å². The number of rotatable bonds is 7. The molecule has 0 saturated heterocycles. The zero-order chi connectivity index (χ0) is 17.4. The maximum absolute atomic E-state index is 12.0. The Morgan fingerprint density at radius 2 is 2.00 bits per heavy atom. The van der Waals surface area contributed by atoms with Gasteiger partial charge in [0.25, 0.3) is 5.91 Å². The first-order valence-electron chi connectivity index (χ1n) is 7.41. The van der Waals surface area contributed by atoms with Crippen molar-refractivity contribution in [1.29, 1.82) is 0 Å². The fourth-order valence-electron chi connectivity index (χ4n) is 1.88. The van der Waals surface area contributed by atoms with Crippen molar-refractivity contribution in [1.82, 2.24) is 5.32 Å². The fourth-order valence-corrected chi connectivity index (χ4v) is 2.50. The van der Waals surface area contributed by atoms with Gasteiger partial charge in [0.1, 0.15) is 5.75 Å². The number of benzene rings is 1. The first-order valence-corrected chi connectivity index (χ1v) is 8.29. The van der Waals surface area contributed by atoms with Crippen LogP contribution >= 0.6 is 11.3 Å². The zero-order valence-electron chi connectivity index (χ0n) is 13.5. The number of ether oxygens (including phenoxy) is 2. The summed E-state index contributed by atoms with van der Waals surface area (Å²) in [7, 11) is 1.60. The van der Waals surface area contributed by atoms with E-state index in [0.29, 0.717) is 6.54 Å². The van der Waals surface area contributed by atoms with Crippen molar-refractivity contribution < 1.29 is 19.1 Å². The smallest absolute Gasteiger partial charge is 0.331 e. The van der Waals surface area contributed by atoms with Crippen LogP contribution in [0, 0.1) is 0 Å². The fraction of sp³-hybridized carbons (Fsp3) is 0.222. The van der Waals surface area contributed by atoms with Gasteiger partial charge >= 0.3 is 5.97 Å². The van der Waals surface area contributed by atoms with Crippen molar-refractivity contribution in [3.63, 3.8) is 0 Å². The molecule has 1 heterocycles. The second-order valence-electron chi connectivity index (χ2n) is 4.99. The number of amides is 1. The highest BCUT2D eigenvalue weighted by Crippen LogP contribution is 2.11. The van der Waals surface area contributed by atoms with E-state index in [1.54, 1.807) is 20.1 Å². The molecule has 1 amide bonds. The molecule has 2 aromatic rings. The summed E-state index contributed by atoms with van der Waals surface area (Å²) < 4.78 is 10.2. The molecule has 5 nitrogen and oxygen atoms in total. The maximum Gasteiger partial charge on any atom is 0.331 e. The standard InChI is InChI=1S/C18H19NO4S/c1-13(23-17(20)10-9-16-4-3-11-24-16)18(21)19-12-14-5-7-15(22-2)8-6-14/h3-11,13H,12H2,1-2H3,(H,19,21)/b10-9+/t13-/m1/s1. The van der Waals surface area contributed by atoms with Gasteiger partial charge in [0, 0.05) is 17.5 Å². The van der Waals surface area contributed by atoms with Crippen LogP contribution in [0.4, 0.5) is 0 Å². The third-order valence-electron chi connectivity index (χ3n) is 3.21. The van der Waals surface area contributed by atoms with Crippen molar-refractivity contribution >= 4 is 29.3 Å². The first kappa shape index (κ1) is 17.7. The number of thiophene rings is 1. The summed E-state index contributed by atoms with van der Waals surface area (Å²) in [6.07, 6.45) is 2.12. The number of nitrogens with one attached hydrogen (secondary N) is 1. The number of methoxy groups -OCH3 is 1. The summed E-state index contributed by atoms with van der Waals surface area (Å²) in [5, 5.41) is 4.65. The Labute approximate surface area is 144 Å². The summed E-state index contributed by atoms with van der Waals surface area (Å²) in [6, 6.07) is 11.1. The van der Waals surface area contributed by atoms with E-state index in [0.717, 1.165) is 16.2 Å². The minimum Gasteiger partial charge on any atom is -0.497 e. The molecule has 1 aromatic heterocycles. The minimum atomic E-state index is -0.858. The van der Waals surface area contributed by atoms with Crippen molar-refractivity contribution in [3.05, 3.63) is 58.3 Å². The Balaban J connectivity index is 1.77. The van der Waals surface area contributed by atoms with E-state index in [4.69, 9.17) is 9.47 Å². The number of esters is 1. The molecule has 0 spiro atoms. The molecule has 0 fully saturated rings. The lowest BCUT2D eigenvalue weighted by Crippen LogP contribution is -2.35. The van der Waals surface area contributed by atoms with Gasteiger partial charge in [0.2, 0.25) is 0 Å². The normalized spacial score (nSPS) is 11.9. The van der Waals surface area contributed by atoms with E-state index >= 15 is 0 Å². The van der Waals surface area contributed by atoms with E-state index in [1.807, 2.05) is 41.8 Å². The predicted molar refractivity (Wildman–Crippen MR) is 93.7 cm³/mol. The van der Waals surface area contributed by atoms with Crippen LogP contribution in [0.5, 0.6) is 5.75 Å². The summed E-state index contributed by atoms with van der Waals surface area (Å²) in [4.78, 5) is 24.6. The van der Waals surface area contributed by atoms with Crippen molar-refractivity contribution in [2.24, 2.45) is 0 Å². The Morgan fingerprint density at radius 1 is 1.25 bits per heavy atom. The molecule has 0 bridgehead atoms. The van der Waals surface area contributed by atoms with Crippen LogP contribution in [0.2, 0.25) is 0 Å². The molecular weight excluding hydrogens is 326 g/mol. The van der Waals surface area contributed by atoms with Gasteiger partial charge in [-0.05, 0) is 42.1 Å². The van der Waals surface area contributed by atoms with Gasteiger partial charge in [-0.3, -0.25) is 4.79 Å². The Hall–Kier alpha value is -2.60. The maximum atomic E-state index is 12.0. The molecule has 0 aliphatic heterocycles. The largest absolute Gasteiger partial charge is 0.497 e. The average Bonchev–Trinajstić information content (AvgIpc) is 3.11. The van der Waals surface area contributed by atoms with E-state index in [1.165, 1.54) is 17.4 Å². The van der Waals surface area contributed by atoms with Crippen LogP contribution in [0.3, 0.4) is 0 Å². The highest BCUT2D eigenvalue weighted by molar-refractivity contribution is 7.10. The van der Waals surface area contributed by atoms with E-state index < -0.39 is 12.1 Å². The zero-order valence-corrected chi connectivity index (χ0v) is 14.3. The molecule has 1 atom stereocenters. The molecule has 6 heteroatoms. The molecule has 0 aliphatic carbocycles. The SMILES string of the molecule is COc1ccc(CNC(=O)[C@@H](C)OC(=O)/C=C/c2cccs2)cc1. The van der Waals surface area contributed by atoms with Gasteiger partial charge in [0.15, 0.2) is 6.10 Å². The molecule has 1 aromatic carbocycles. The molecule has 2 rings (SSSR count). The molecular formula is C18H19NO4S. The van der Waals surface area contributed by atoms with Crippen LogP contribution in [0.25, 0.3) is 6.08 Å². The third kappa shape index (κ3) is 5.55. The minimum absolute atomic E-state index is 0.344. The summed E-state index contributed by atoms with van der Waals surface area (Å²) in [5.74, 6) is -0.135. The number of hydrogen-bond acceptors (Lipinski definition) is 5. The lowest BCUT2D eigenvalue weighted by molar-refractivity contribution is -0.150. The summed E-state index contributed by atoms with van der Waals surface area (Å²) in [5.41, 5.74) is 0.931. The Bertz CT molecular complexity index is 692.